The van der Waals surface area contributed by atoms with Crippen molar-refractivity contribution in [2.75, 3.05) is 13.7 Å². The van der Waals surface area contributed by atoms with Gasteiger partial charge in [0.2, 0.25) is 0 Å². The molecule has 1 aromatic carbocycles. The fraction of sp³-hybridized carbons (Fsp3) is 0.400. The first kappa shape index (κ1) is 10.7. The first-order chi connectivity index (χ1) is 6.33. The second-order valence-electron chi connectivity index (χ2n) is 2.73. The van der Waals surface area contributed by atoms with Gasteiger partial charge in [-0.2, -0.15) is 0 Å². The molecule has 2 nitrogen and oxygen atoms in total. The molecule has 13 heavy (non-hydrogen) atoms. The Hall–Kier alpha value is -0.341. The van der Waals surface area contributed by atoms with Crippen molar-refractivity contribution in [2.45, 2.75) is 11.4 Å². The third kappa shape index (κ3) is 4.44. The summed E-state index contributed by atoms with van der Waals surface area (Å²) in [7, 11) is 1.61. The first-order valence-corrected chi connectivity index (χ1v) is 6.24. The van der Waals surface area contributed by atoms with Crippen LogP contribution in [-0.4, -0.2) is 39.9 Å². The molecule has 0 amide bonds. The molecule has 72 valence electrons. The number of hydrogen-bond acceptors (Lipinski definition) is 2. The molecule has 1 N–H and O–H groups in total. The summed E-state index contributed by atoms with van der Waals surface area (Å²) in [6, 6.07) is 10.3. The third-order valence-electron chi connectivity index (χ3n) is 1.54. The molecule has 0 heterocycles. The van der Waals surface area contributed by atoms with E-state index < -0.39 is 0 Å². The van der Waals surface area contributed by atoms with Crippen molar-refractivity contribution in [3.8, 4) is 0 Å². The molecule has 0 bridgehead atoms. The van der Waals surface area contributed by atoms with Gasteiger partial charge in [-0.05, 0) is 0 Å². The van der Waals surface area contributed by atoms with Crippen LogP contribution in [-0.2, 0) is 4.74 Å². The van der Waals surface area contributed by atoms with E-state index in [0.29, 0.717) is 21.6 Å². The molecule has 0 unspecified atom stereocenters. The van der Waals surface area contributed by atoms with E-state index in [4.69, 9.17) is 4.74 Å². The molecule has 0 aliphatic carbocycles. The molecule has 0 aliphatic heterocycles. The molecule has 1 atom stereocenters. The monoisotopic (exact) mass is 246 g/mol. The van der Waals surface area contributed by atoms with Gasteiger partial charge in [-0.25, -0.2) is 0 Å². The topological polar surface area (TPSA) is 29.5 Å². The van der Waals surface area contributed by atoms with Gasteiger partial charge in [0.25, 0.3) is 0 Å². The molecule has 1 rings (SSSR count). The van der Waals surface area contributed by atoms with Crippen LogP contribution in [0.1, 0.15) is 0 Å². The number of methoxy groups -OCH3 is 1. The summed E-state index contributed by atoms with van der Waals surface area (Å²) in [6.07, 6.45) is -0.315. The molecule has 0 saturated carbocycles. The van der Waals surface area contributed by atoms with Crippen LogP contribution in [0.2, 0.25) is 5.32 Å². The standard InChI is InChI=1S/C10H14O2Se/c1-12-7-9(11)8-13-10-5-3-2-4-6-10/h2-6,9,11H,7-8H2,1H3/t9-/m0/s1. The van der Waals surface area contributed by atoms with Crippen LogP contribution in [0.3, 0.4) is 0 Å². The van der Waals surface area contributed by atoms with Crippen LogP contribution in [0.25, 0.3) is 0 Å². The Kier molecular flexibility index (Phi) is 5.09. The van der Waals surface area contributed by atoms with Crippen LogP contribution in [0, 0.1) is 0 Å². The molecule has 0 spiro atoms. The van der Waals surface area contributed by atoms with Gasteiger partial charge in [0, 0.05) is 0 Å². The Morgan fingerprint density at radius 3 is 2.69 bits per heavy atom. The van der Waals surface area contributed by atoms with E-state index in [-0.39, 0.29) is 6.10 Å². The van der Waals surface area contributed by atoms with Crippen LogP contribution in [0.4, 0.5) is 0 Å². The average molecular weight is 245 g/mol. The molecular formula is C10H14O2Se. The minimum absolute atomic E-state index is 0.315. The summed E-state index contributed by atoms with van der Waals surface area (Å²) < 4.78 is 6.18. The summed E-state index contributed by atoms with van der Waals surface area (Å²) in [5, 5.41) is 10.2. The van der Waals surface area contributed by atoms with E-state index >= 15 is 0 Å². The van der Waals surface area contributed by atoms with E-state index in [1.165, 1.54) is 4.46 Å². The van der Waals surface area contributed by atoms with E-state index in [1.807, 2.05) is 18.2 Å². The van der Waals surface area contributed by atoms with Crippen molar-refractivity contribution in [1.82, 2.24) is 0 Å². The summed E-state index contributed by atoms with van der Waals surface area (Å²) >= 11 is 0.360. The number of benzene rings is 1. The van der Waals surface area contributed by atoms with Crippen LogP contribution in [0.5, 0.6) is 0 Å². The summed E-state index contributed by atoms with van der Waals surface area (Å²) in [5.74, 6) is 0. The normalized spacial score (nSPS) is 12.8. The van der Waals surface area contributed by atoms with Crippen molar-refractivity contribution in [2.24, 2.45) is 0 Å². The van der Waals surface area contributed by atoms with Crippen molar-refractivity contribution < 1.29 is 9.84 Å². The number of hydrogen-bond donors (Lipinski definition) is 1. The molecule has 0 radical (unpaired) electrons. The van der Waals surface area contributed by atoms with Crippen LogP contribution in [0.15, 0.2) is 30.3 Å². The fourth-order valence-corrected chi connectivity index (χ4v) is 2.69. The quantitative estimate of drug-likeness (QED) is 0.763. The Bertz CT molecular complexity index is 226. The van der Waals surface area contributed by atoms with Crippen molar-refractivity contribution in [3.63, 3.8) is 0 Å². The Morgan fingerprint density at radius 1 is 1.38 bits per heavy atom. The number of rotatable bonds is 5. The van der Waals surface area contributed by atoms with Crippen molar-refractivity contribution in [1.29, 1.82) is 0 Å². The Morgan fingerprint density at radius 2 is 2.08 bits per heavy atom. The molecule has 0 aliphatic rings. The van der Waals surface area contributed by atoms with Crippen LogP contribution < -0.4 is 4.46 Å². The minimum atomic E-state index is -0.315. The van der Waals surface area contributed by atoms with Gasteiger partial charge in [-0.1, -0.05) is 0 Å². The zero-order valence-electron chi connectivity index (χ0n) is 7.64. The number of aliphatic hydroxyl groups is 1. The van der Waals surface area contributed by atoms with Crippen LogP contribution >= 0.6 is 0 Å². The Balaban J connectivity index is 2.27. The van der Waals surface area contributed by atoms with E-state index in [1.54, 1.807) is 7.11 Å². The molecule has 0 saturated heterocycles. The summed E-state index contributed by atoms with van der Waals surface area (Å²) in [6.45, 7) is 0.439. The second-order valence-corrected chi connectivity index (χ2v) is 5.03. The number of ether oxygens (including phenoxy) is 1. The maximum atomic E-state index is 9.40. The second kappa shape index (κ2) is 6.16. The summed E-state index contributed by atoms with van der Waals surface area (Å²) in [5.41, 5.74) is 0. The first-order valence-electron chi connectivity index (χ1n) is 4.18. The zero-order valence-corrected chi connectivity index (χ0v) is 9.36. The van der Waals surface area contributed by atoms with Gasteiger partial charge in [0.05, 0.1) is 0 Å². The predicted octanol–water partition coefficient (Wildman–Crippen LogP) is 0.442. The third-order valence-corrected chi connectivity index (χ3v) is 3.97. The molecule has 1 aromatic rings. The summed E-state index contributed by atoms with van der Waals surface area (Å²) in [4.78, 5) is 0. The fourth-order valence-electron chi connectivity index (χ4n) is 0.950. The molecule has 0 aromatic heterocycles. The molecule has 3 heteroatoms. The van der Waals surface area contributed by atoms with Gasteiger partial charge in [-0.15, -0.1) is 0 Å². The van der Waals surface area contributed by atoms with E-state index in [2.05, 4.69) is 12.1 Å². The molecular weight excluding hydrogens is 231 g/mol. The number of aliphatic hydroxyl groups excluding tert-OH is 1. The average Bonchev–Trinajstić information content (AvgIpc) is 2.17. The van der Waals surface area contributed by atoms with E-state index in [0.717, 1.165) is 5.32 Å². The van der Waals surface area contributed by atoms with E-state index in [9.17, 15) is 5.11 Å². The maximum absolute atomic E-state index is 9.40. The SMILES string of the molecule is COC[C@H](O)C[Se]c1ccccc1. The molecule has 0 fully saturated rings. The van der Waals surface area contributed by atoms with Gasteiger partial charge < -0.3 is 0 Å². The van der Waals surface area contributed by atoms with Crippen molar-refractivity contribution in [3.05, 3.63) is 30.3 Å². The zero-order chi connectivity index (χ0) is 9.52. The predicted molar refractivity (Wildman–Crippen MR) is 54.5 cm³/mol. The van der Waals surface area contributed by atoms with Gasteiger partial charge in [0.1, 0.15) is 0 Å². The van der Waals surface area contributed by atoms with Crippen molar-refractivity contribution >= 4 is 19.4 Å². The van der Waals surface area contributed by atoms with Gasteiger partial charge in [0.15, 0.2) is 0 Å². The Labute approximate surface area is 85.1 Å². The van der Waals surface area contributed by atoms with Gasteiger partial charge in [-0.3, -0.25) is 0 Å². The van der Waals surface area contributed by atoms with Gasteiger partial charge >= 0.3 is 84.7 Å².